The predicted octanol–water partition coefficient (Wildman–Crippen LogP) is 2.29. The zero-order valence-corrected chi connectivity index (χ0v) is 24.7. The van der Waals surface area contributed by atoms with Crippen molar-refractivity contribution in [3.63, 3.8) is 0 Å². The van der Waals surface area contributed by atoms with Crippen LogP contribution in [0.15, 0.2) is 54.6 Å². The van der Waals surface area contributed by atoms with Crippen molar-refractivity contribution >= 4 is 23.7 Å². The molecule has 5 rings (SSSR count). The van der Waals surface area contributed by atoms with Crippen LogP contribution in [0.3, 0.4) is 0 Å². The summed E-state index contributed by atoms with van der Waals surface area (Å²) in [6.45, 7) is 7.60. The molecule has 4 aliphatic rings. The maximum absolute atomic E-state index is 14.4. The third-order valence-electron chi connectivity index (χ3n) is 8.89. The van der Waals surface area contributed by atoms with Crippen molar-refractivity contribution in [1.82, 2.24) is 15.1 Å². The van der Waals surface area contributed by atoms with E-state index < -0.39 is 53.1 Å². The van der Waals surface area contributed by atoms with Gasteiger partial charge in [-0.15, -0.1) is 0 Å². The average Bonchev–Trinajstić information content (AvgIpc) is 3.34. The molecule has 0 unspecified atom stereocenters. The molecule has 7 atom stereocenters. The minimum absolute atomic E-state index is 0.0591. The molecule has 42 heavy (non-hydrogen) atoms. The van der Waals surface area contributed by atoms with Crippen LogP contribution in [0.2, 0.25) is 0 Å². The molecule has 2 saturated heterocycles. The number of hydrogen-bond acceptors (Lipinski definition) is 7. The molecule has 1 spiro atoms. The van der Waals surface area contributed by atoms with Gasteiger partial charge in [-0.1, -0.05) is 61.6 Å². The Labute approximate surface area is 246 Å². The van der Waals surface area contributed by atoms with Gasteiger partial charge in [0.1, 0.15) is 18.2 Å². The summed E-state index contributed by atoms with van der Waals surface area (Å²) in [4.78, 5) is 58.6. The fourth-order valence-electron chi connectivity index (χ4n) is 6.79. The highest BCUT2D eigenvalue weighted by Gasteiger charge is 2.72. The standard InChI is InChI=1S/C32H41N3O7/c1-5-21(18-36)35-27-30(40)34(31(2,3)4)17-11-16-32(27)26(29(35)39)25-23(42-32)14-9-10-15-24(37)41-19-22(33-28(25)38)20-12-7-6-8-13-20/h6-9,11-14,16,21-23,25-27,36H,5,10,15,17-19H2,1-4H3,(H,33,38)/b14-9-/t21-,22-,23+,25-,26-,27+,32-/m0/s1. The Morgan fingerprint density at radius 2 is 1.83 bits per heavy atom. The molecule has 0 bridgehead atoms. The molecule has 0 aliphatic carbocycles. The molecule has 1 aromatic carbocycles. The van der Waals surface area contributed by atoms with E-state index in [-0.39, 0.29) is 37.4 Å². The van der Waals surface area contributed by atoms with Gasteiger partial charge in [-0.3, -0.25) is 19.2 Å². The molecule has 226 valence electrons. The van der Waals surface area contributed by atoms with E-state index >= 15 is 0 Å². The van der Waals surface area contributed by atoms with Gasteiger partial charge in [-0.25, -0.2) is 0 Å². The lowest BCUT2D eigenvalue weighted by atomic mass is 9.77. The summed E-state index contributed by atoms with van der Waals surface area (Å²) in [7, 11) is 0. The van der Waals surface area contributed by atoms with Gasteiger partial charge in [0.15, 0.2) is 0 Å². The number of amides is 3. The topological polar surface area (TPSA) is 125 Å². The van der Waals surface area contributed by atoms with Crippen LogP contribution in [0, 0.1) is 11.8 Å². The fraction of sp³-hybridized carbons (Fsp3) is 0.562. The van der Waals surface area contributed by atoms with E-state index in [9.17, 15) is 24.3 Å². The maximum Gasteiger partial charge on any atom is 0.306 e. The van der Waals surface area contributed by atoms with Crippen molar-refractivity contribution in [2.75, 3.05) is 19.8 Å². The number of cyclic esters (lactones) is 1. The van der Waals surface area contributed by atoms with Crippen LogP contribution in [-0.2, 0) is 28.7 Å². The normalized spacial score (nSPS) is 33.4. The Morgan fingerprint density at radius 3 is 2.50 bits per heavy atom. The summed E-state index contributed by atoms with van der Waals surface area (Å²) in [5.41, 5.74) is -1.20. The first kappa shape index (κ1) is 30.0. The number of fused-ring (bicyclic) bond motifs is 2. The second-order valence-electron chi connectivity index (χ2n) is 12.5. The van der Waals surface area contributed by atoms with E-state index in [0.29, 0.717) is 19.4 Å². The molecule has 0 radical (unpaired) electrons. The molecule has 10 heteroatoms. The second kappa shape index (κ2) is 11.6. The smallest absolute Gasteiger partial charge is 0.306 e. The molecule has 2 N–H and O–H groups in total. The van der Waals surface area contributed by atoms with Crippen molar-refractivity contribution in [3.8, 4) is 0 Å². The van der Waals surface area contributed by atoms with Gasteiger partial charge in [-0.2, -0.15) is 0 Å². The summed E-state index contributed by atoms with van der Waals surface area (Å²) >= 11 is 0. The zero-order chi connectivity index (χ0) is 30.2. The van der Waals surface area contributed by atoms with Gasteiger partial charge in [-0.05, 0) is 39.2 Å². The minimum Gasteiger partial charge on any atom is -0.463 e. The highest BCUT2D eigenvalue weighted by molar-refractivity contribution is 6.00. The number of nitrogens with one attached hydrogen (secondary N) is 1. The molecule has 0 saturated carbocycles. The van der Waals surface area contributed by atoms with E-state index in [0.717, 1.165) is 5.56 Å². The Kier molecular flexibility index (Phi) is 8.31. The van der Waals surface area contributed by atoms with E-state index in [1.54, 1.807) is 23.1 Å². The predicted molar refractivity (Wildman–Crippen MR) is 154 cm³/mol. The maximum atomic E-state index is 14.4. The summed E-state index contributed by atoms with van der Waals surface area (Å²) in [5.74, 6) is -3.44. The fourth-order valence-corrected chi connectivity index (χ4v) is 6.79. The molecule has 2 fully saturated rings. The Hall–Kier alpha value is -3.50. The Balaban J connectivity index is 1.62. The van der Waals surface area contributed by atoms with E-state index in [1.807, 2.05) is 64.1 Å². The van der Waals surface area contributed by atoms with Gasteiger partial charge in [0.2, 0.25) is 17.7 Å². The molecule has 4 aliphatic heterocycles. The van der Waals surface area contributed by atoms with Crippen LogP contribution in [0.25, 0.3) is 0 Å². The van der Waals surface area contributed by atoms with Crippen molar-refractivity contribution in [2.45, 2.75) is 82.3 Å². The first-order chi connectivity index (χ1) is 20.0. The lowest BCUT2D eigenvalue weighted by molar-refractivity contribution is -0.153. The summed E-state index contributed by atoms with van der Waals surface area (Å²) in [6, 6.07) is 6.90. The quantitative estimate of drug-likeness (QED) is 0.414. The second-order valence-corrected chi connectivity index (χ2v) is 12.5. The lowest BCUT2D eigenvalue weighted by Crippen LogP contribution is -2.60. The highest BCUT2D eigenvalue weighted by Crippen LogP contribution is 2.53. The van der Waals surface area contributed by atoms with Crippen LogP contribution < -0.4 is 5.32 Å². The first-order valence-corrected chi connectivity index (χ1v) is 14.8. The van der Waals surface area contributed by atoms with Gasteiger partial charge in [0.05, 0.1) is 36.6 Å². The number of aliphatic hydroxyl groups is 1. The first-order valence-electron chi connectivity index (χ1n) is 14.8. The van der Waals surface area contributed by atoms with Gasteiger partial charge < -0.3 is 29.7 Å². The number of likely N-dealkylation sites (tertiary alicyclic amines) is 1. The van der Waals surface area contributed by atoms with E-state index in [1.165, 1.54) is 4.90 Å². The number of allylic oxidation sites excluding steroid dienone is 1. The number of esters is 1. The van der Waals surface area contributed by atoms with Crippen LogP contribution >= 0.6 is 0 Å². The molecular weight excluding hydrogens is 538 g/mol. The number of aliphatic hydroxyl groups excluding tert-OH is 1. The largest absolute Gasteiger partial charge is 0.463 e. The summed E-state index contributed by atoms with van der Waals surface area (Å²) in [5, 5.41) is 13.3. The van der Waals surface area contributed by atoms with Crippen LogP contribution in [0.5, 0.6) is 0 Å². The Bertz CT molecular complexity index is 1270. The highest BCUT2D eigenvalue weighted by atomic mass is 16.5. The third-order valence-corrected chi connectivity index (χ3v) is 8.89. The minimum atomic E-state index is -1.41. The number of carbonyl (C=O) groups excluding carboxylic acids is 4. The van der Waals surface area contributed by atoms with Crippen molar-refractivity contribution in [3.05, 3.63) is 60.2 Å². The average molecular weight is 580 g/mol. The molecule has 0 aromatic heterocycles. The van der Waals surface area contributed by atoms with Crippen molar-refractivity contribution in [2.24, 2.45) is 11.8 Å². The molecular formula is C32H41N3O7. The van der Waals surface area contributed by atoms with E-state index in [4.69, 9.17) is 9.47 Å². The van der Waals surface area contributed by atoms with Crippen LogP contribution in [0.1, 0.15) is 58.6 Å². The number of nitrogens with zero attached hydrogens (tertiary/aromatic N) is 2. The SMILES string of the molecule is CC[C@@H](CO)N1C(=O)[C@@H]2[C@H]3C(=O)N[C@H](c4ccccc4)COC(=O)CC/C=C\[C@H]3O[C@@]23C=CCN(C(C)(C)C)C(=O)[C@@H]13. The lowest BCUT2D eigenvalue weighted by Gasteiger charge is -2.42. The molecule has 3 amide bonds. The summed E-state index contributed by atoms with van der Waals surface area (Å²) in [6.07, 6.45) is 7.28. The number of rotatable bonds is 4. The van der Waals surface area contributed by atoms with Crippen LogP contribution in [0.4, 0.5) is 0 Å². The molecule has 1 aromatic rings. The molecule has 10 nitrogen and oxygen atoms in total. The molecule has 4 heterocycles. The number of hydrogen-bond donors (Lipinski definition) is 2. The monoisotopic (exact) mass is 579 g/mol. The zero-order valence-electron chi connectivity index (χ0n) is 24.7. The van der Waals surface area contributed by atoms with Crippen molar-refractivity contribution < 1.29 is 33.8 Å². The summed E-state index contributed by atoms with van der Waals surface area (Å²) < 4.78 is 12.2. The van der Waals surface area contributed by atoms with Gasteiger partial charge in [0.25, 0.3) is 0 Å². The van der Waals surface area contributed by atoms with E-state index in [2.05, 4.69) is 5.32 Å². The van der Waals surface area contributed by atoms with Gasteiger partial charge in [0, 0.05) is 18.5 Å². The number of carbonyl (C=O) groups is 4. The van der Waals surface area contributed by atoms with Gasteiger partial charge >= 0.3 is 5.97 Å². The number of benzene rings is 1. The van der Waals surface area contributed by atoms with Crippen LogP contribution in [-0.4, -0.2) is 87.7 Å². The number of ether oxygens (including phenoxy) is 2. The van der Waals surface area contributed by atoms with Crippen molar-refractivity contribution in [1.29, 1.82) is 0 Å². The third kappa shape index (κ3) is 5.15. The Morgan fingerprint density at radius 1 is 1.10 bits per heavy atom.